The normalized spacial score (nSPS) is 12.4. The fourth-order valence-electron chi connectivity index (χ4n) is 2.81. The molecular formula is C20H19F3N4O. The van der Waals surface area contributed by atoms with Gasteiger partial charge in [0.05, 0.1) is 16.7 Å². The minimum atomic E-state index is -4.67. The number of para-hydroxylation sites is 2. The number of nitrogens with one attached hydrogen (secondary N) is 1. The molecule has 0 aliphatic rings. The molecule has 3 rings (SSSR count). The highest BCUT2D eigenvalue weighted by molar-refractivity contribution is 5.99. The Morgan fingerprint density at radius 2 is 1.86 bits per heavy atom. The molecule has 0 bridgehead atoms. The van der Waals surface area contributed by atoms with Crippen molar-refractivity contribution in [3.63, 3.8) is 0 Å². The lowest BCUT2D eigenvalue weighted by Gasteiger charge is -2.11. The fourth-order valence-corrected chi connectivity index (χ4v) is 2.81. The number of hydrazone groups is 1. The average Bonchev–Trinajstić information content (AvgIpc) is 3.01. The Kier molecular flexibility index (Phi) is 5.22. The Hall–Kier alpha value is -3.16. The first-order valence-corrected chi connectivity index (χ1v) is 8.60. The van der Waals surface area contributed by atoms with Gasteiger partial charge in [0.25, 0.3) is 5.91 Å². The summed E-state index contributed by atoms with van der Waals surface area (Å²) < 4.78 is 40.8. The monoisotopic (exact) mass is 388 g/mol. The minimum absolute atomic E-state index is 0.178. The van der Waals surface area contributed by atoms with Crippen LogP contribution in [0, 0.1) is 13.8 Å². The second kappa shape index (κ2) is 7.46. The molecule has 0 saturated carbocycles. The number of fused-ring (bicyclic) bond motifs is 1. The molecule has 1 amide bonds. The molecule has 3 aromatic rings. The number of carbonyl (C=O) groups is 1. The van der Waals surface area contributed by atoms with Gasteiger partial charge in [0.1, 0.15) is 6.54 Å². The Bertz CT molecular complexity index is 1070. The SMILES string of the molecule is CC(=NNC(=O)Cn1c(C(F)(F)F)nc2ccccc21)c1ccc(C)c(C)c1. The van der Waals surface area contributed by atoms with Gasteiger partial charge in [-0.05, 0) is 55.7 Å². The molecule has 2 aromatic carbocycles. The quantitative estimate of drug-likeness (QED) is 0.538. The van der Waals surface area contributed by atoms with Crippen LogP contribution in [0.2, 0.25) is 0 Å². The zero-order valence-electron chi connectivity index (χ0n) is 15.6. The van der Waals surface area contributed by atoms with Crippen LogP contribution in [0.5, 0.6) is 0 Å². The average molecular weight is 388 g/mol. The van der Waals surface area contributed by atoms with E-state index in [1.54, 1.807) is 19.1 Å². The number of imidazole rings is 1. The minimum Gasteiger partial charge on any atom is -0.311 e. The Labute approximate surface area is 159 Å². The van der Waals surface area contributed by atoms with Crippen LogP contribution in [0.15, 0.2) is 47.6 Å². The Morgan fingerprint density at radius 3 is 2.54 bits per heavy atom. The first-order valence-electron chi connectivity index (χ1n) is 8.60. The van der Waals surface area contributed by atoms with Gasteiger partial charge >= 0.3 is 6.18 Å². The number of carbonyl (C=O) groups excluding carboxylic acids is 1. The summed E-state index contributed by atoms with van der Waals surface area (Å²) in [6.07, 6.45) is -4.67. The van der Waals surface area contributed by atoms with Gasteiger partial charge in [-0.1, -0.05) is 24.3 Å². The zero-order chi connectivity index (χ0) is 20.5. The van der Waals surface area contributed by atoms with Gasteiger partial charge in [0.2, 0.25) is 5.82 Å². The predicted octanol–water partition coefficient (Wildman–Crippen LogP) is 4.21. The molecule has 1 heterocycles. The van der Waals surface area contributed by atoms with Crippen LogP contribution in [0.3, 0.4) is 0 Å². The van der Waals surface area contributed by atoms with E-state index in [1.807, 2.05) is 32.0 Å². The van der Waals surface area contributed by atoms with Crippen molar-refractivity contribution in [2.24, 2.45) is 5.10 Å². The molecule has 0 radical (unpaired) electrons. The number of nitrogens with zero attached hydrogens (tertiary/aromatic N) is 3. The van der Waals surface area contributed by atoms with Gasteiger partial charge in [0, 0.05) is 0 Å². The summed E-state index contributed by atoms with van der Waals surface area (Å²) in [6, 6.07) is 11.9. The van der Waals surface area contributed by atoms with Gasteiger partial charge in [-0.25, -0.2) is 10.4 Å². The highest BCUT2D eigenvalue weighted by atomic mass is 19.4. The van der Waals surface area contributed by atoms with Crippen molar-refractivity contribution in [1.82, 2.24) is 15.0 Å². The topological polar surface area (TPSA) is 59.3 Å². The maximum atomic E-state index is 13.3. The molecule has 0 aliphatic heterocycles. The van der Waals surface area contributed by atoms with E-state index in [1.165, 1.54) is 12.1 Å². The van der Waals surface area contributed by atoms with E-state index < -0.39 is 24.5 Å². The van der Waals surface area contributed by atoms with E-state index in [-0.39, 0.29) is 11.0 Å². The molecule has 8 heteroatoms. The molecule has 0 aliphatic carbocycles. The second-order valence-corrected chi connectivity index (χ2v) is 6.54. The number of amides is 1. The lowest BCUT2D eigenvalue weighted by atomic mass is 10.0. The maximum absolute atomic E-state index is 13.3. The lowest BCUT2D eigenvalue weighted by Crippen LogP contribution is -2.27. The molecule has 28 heavy (non-hydrogen) atoms. The summed E-state index contributed by atoms with van der Waals surface area (Å²) >= 11 is 0. The van der Waals surface area contributed by atoms with Crippen LogP contribution >= 0.6 is 0 Å². The molecule has 0 saturated heterocycles. The number of hydrogen-bond acceptors (Lipinski definition) is 3. The number of benzene rings is 2. The third-order valence-corrected chi connectivity index (χ3v) is 4.48. The van der Waals surface area contributed by atoms with E-state index in [0.29, 0.717) is 5.71 Å². The molecule has 1 aromatic heterocycles. The molecule has 1 N–H and O–H groups in total. The summed E-state index contributed by atoms with van der Waals surface area (Å²) in [4.78, 5) is 15.9. The fraction of sp³-hybridized carbons (Fsp3) is 0.250. The van der Waals surface area contributed by atoms with Crippen molar-refractivity contribution < 1.29 is 18.0 Å². The van der Waals surface area contributed by atoms with Crippen LogP contribution in [-0.4, -0.2) is 21.2 Å². The molecule has 146 valence electrons. The van der Waals surface area contributed by atoms with Crippen LogP contribution in [-0.2, 0) is 17.5 Å². The summed E-state index contributed by atoms with van der Waals surface area (Å²) in [7, 11) is 0. The number of aryl methyl sites for hydroxylation is 2. The largest absolute Gasteiger partial charge is 0.449 e. The zero-order valence-corrected chi connectivity index (χ0v) is 15.6. The molecule has 0 spiro atoms. The molecular weight excluding hydrogens is 369 g/mol. The Morgan fingerprint density at radius 1 is 1.14 bits per heavy atom. The van der Waals surface area contributed by atoms with Gasteiger partial charge in [0.15, 0.2) is 0 Å². The standard InChI is InChI=1S/C20H19F3N4O/c1-12-8-9-15(10-13(12)2)14(3)25-26-18(28)11-27-17-7-5-4-6-16(17)24-19(27)20(21,22)23/h4-10H,11H2,1-3H3,(H,26,28). The van der Waals surface area contributed by atoms with Gasteiger partial charge in [-0.3, -0.25) is 4.79 Å². The van der Waals surface area contributed by atoms with Crippen molar-refractivity contribution >= 4 is 22.7 Å². The van der Waals surface area contributed by atoms with E-state index in [2.05, 4.69) is 15.5 Å². The predicted molar refractivity (Wildman–Crippen MR) is 101 cm³/mol. The third kappa shape index (κ3) is 4.05. The summed E-state index contributed by atoms with van der Waals surface area (Å²) in [5.74, 6) is -1.78. The van der Waals surface area contributed by atoms with Gasteiger partial charge in [-0.15, -0.1) is 0 Å². The van der Waals surface area contributed by atoms with Crippen molar-refractivity contribution in [2.45, 2.75) is 33.5 Å². The first-order chi connectivity index (χ1) is 13.2. The van der Waals surface area contributed by atoms with Crippen LogP contribution in [0.25, 0.3) is 11.0 Å². The number of halogens is 3. The van der Waals surface area contributed by atoms with Crippen molar-refractivity contribution in [3.05, 3.63) is 65.0 Å². The molecule has 0 fully saturated rings. The number of aromatic nitrogens is 2. The van der Waals surface area contributed by atoms with E-state index >= 15 is 0 Å². The number of alkyl halides is 3. The van der Waals surface area contributed by atoms with E-state index in [4.69, 9.17) is 0 Å². The Balaban J connectivity index is 1.82. The molecule has 0 unspecified atom stereocenters. The first kappa shape index (κ1) is 19.6. The lowest BCUT2D eigenvalue weighted by molar-refractivity contribution is -0.147. The maximum Gasteiger partial charge on any atom is 0.449 e. The second-order valence-electron chi connectivity index (χ2n) is 6.54. The molecule has 5 nitrogen and oxygen atoms in total. The van der Waals surface area contributed by atoms with Crippen LogP contribution in [0.4, 0.5) is 13.2 Å². The van der Waals surface area contributed by atoms with Crippen molar-refractivity contribution in [1.29, 1.82) is 0 Å². The summed E-state index contributed by atoms with van der Waals surface area (Å²) in [5, 5.41) is 4.02. The number of rotatable bonds is 4. The summed E-state index contributed by atoms with van der Waals surface area (Å²) in [6.45, 7) is 5.13. The van der Waals surface area contributed by atoms with Gasteiger partial charge < -0.3 is 4.57 Å². The smallest absolute Gasteiger partial charge is 0.311 e. The highest BCUT2D eigenvalue weighted by Gasteiger charge is 2.37. The number of hydrogen-bond donors (Lipinski definition) is 1. The van der Waals surface area contributed by atoms with Crippen molar-refractivity contribution in [2.75, 3.05) is 0 Å². The molecule has 0 atom stereocenters. The van der Waals surface area contributed by atoms with E-state index in [0.717, 1.165) is 21.3 Å². The van der Waals surface area contributed by atoms with Gasteiger partial charge in [-0.2, -0.15) is 18.3 Å². The van der Waals surface area contributed by atoms with Crippen LogP contribution < -0.4 is 5.43 Å². The van der Waals surface area contributed by atoms with Crippen LogP contribution in [0.1, 0.15) is 29.4 Å². The van der Waals surface area contributed by atoms with E-state index in [9.17, 15) is 18.0 Å². The third-order valence-electron chi connectivity index (χ3n) is 4.48. The highest BCUT2D eigenvalue weighted by Crippen LogP contribution is 2.31. The van der Waals surface area contributed by atoms with Crippen molar-refractivity contribution in [3.8, 4) is 0 Å². The summed E-state index contributed by atoms with van der Waals surface area (Å²) in [5.41, 5.74) is 6.34.